The Hall–Kier alpha value is -1.58. The maximum atomic E-state index is 5.98. The molecule has 2 heterocycles. The third-order valence-electron chi connectivity index (χ3n) is 2.67. The summed E-state index contributed by atoms with van der Waals surface area (Å²) < 4.78 is 0. The smallest absolute Gasteiger partial charge is 0.177 e. The zero-order valence-electron chi connectivity index (χ0n) is 9.32. The van der Waals surface area contributed by atoms with Gasteiger partial charge in [0.05, 0.1) is 11.4 Å². The number of nitrogens with one attached hydrogen (secondary N) is 1. The van der Waals surface area contributed by atoms with Crippen LogP contribution in [0.4, 0.5) is 0 Å². The van der Waals surface area contributed by atoms with Crippen molar-refractivity contribution in [3.8, 4) is 11.1 Å². The molecule has 0 fully saturated rings. The third kappa shape index (κ3) is 2.07. The predicted molar refractivity (Wildman–Crippen MR) is 73.9 cm³/mol. The van der Waals surface area contributed by atoms with Crippen LogP contribution in [0, 0.1) is 0 Å². The Labute approximate surface area is 114 Å². The number of halogens is 2. The van der Waals surface area contributed by atoms with Crippen LogP contribution >= 0.6 is 23.2 Å². The number of aromatic nitrogens is 3. The topological polar surface area (TPSA) is 41.6 Å². The van der Waals surface area contributed by atoms with Crippen molar-refractivity contribution in [1.29, 1.82) is 0 Å². The molecular formula is C13H9Cl2N3. The van der Waals surface area contributed by atoms with Gasteiger partial charge in [0.15, 0.2) is 5.65 Å². The summed E-state index contributed by atoms with van der Waals surface area (Å²) in [4.78, 5) is 11.7. The first-order chi connectivity index (χ1) is 8.76. The van der Waals surface area contributed by atoms with Crippen molar-refractivity contribution < 1.29 is 0 Å². The Balaban J connectivity index is 2.12. The number of rotatable bonds is 2. The molecule has 3 aromatic rings. The van der Waals surface area contributed by atoms with Gasteiger partial charge in [0.2, 0.25) is 0 Å². The summed E-state index contributed by atoms with van der Waals surface area (Å²) in [7, 11) is 0. The highest BCUT2D eigenvalue weighted by Gasteiger charge is 2.05. The van der Waals surface area contributed by atoms with Crippen LogP contribution in [0.5, 0.6) is 0 Å². The molecule has 0 saturated carbocycles. The Morgan fingerprint density at radius 3 is 2.83 bits per heavy atom. The zero-order valence-corrected chi connectivity index (χ0v) is 10.8. The minimum Gasteiger partial charge on any atom is -0.340 e. The molecular weight excluding hydrogens is 269 g/mol. The summed E-state index contributed by atoms with van der Waals surface area (Å²) >= 11 is 11.7. The van der Waals surface area contributed by atoms with E-state index in [0.717, 1.165) is 22.5 Å². The number of imidazole rings is 1. The Kier molecular flexibility index (Phi) is 2.94. The number of hydrogen-bond donors (Lipinski definition) is 1. The van der Waals surface area contributed by atoms with Crippen LogP contribution in [0.2, 0.25) is 5.02 Å². The number of benzene rings is 1. The summed E-state index contributed by atoms with van der Waals surface area (Å²) in [6.07, 6.45) is 1.78. The van der Waals surface area contributed by atoms with Crippen molar-refractivity contribution in [2.75, 3.05) is 0 Å². The van der Waals surface area contributed by atoms with E-state index in [1.807, 2.05) is 30.3 Å². The lowest BCUT2D eigenvalue weighted by Crippen LogP contribution is -1.82. The van der Waals surface area contributed by atoms with Crippen LogP contribution in [0.1, 0.15) is 5.82 Å². The van der Waals surface area contributed by atoms with Crippen molar-refractivity contribution in [2.24, 2.45) is 0 Å². The molecule has 0 spiro atoms. The standard InChI is InChI=1S/C13H9Cl2N3/c14-6-12-17-11-5-9(7-16-13(11)18-12)8-2-1-3-10(15)4-8/h1-5,7H,6H2,(H,16,17,18). The van der Waals surface area contributed by atoms with E-state index in [-0.39, 0.29) is 0 Å². The molecule has 0 atom stereocenters. The second-order valence-electron chi connectivity index (χ2n) is 3.92. The molecule has 0 unspecified atom stereocenters. The van der Waals surface area contributed by atoms with Crippen LogP contribution < -0.4 is 0 Å². The van der Waals surface area contributed by atoms with Crippen LogP contribution in [-0.2, 0) is 5.88 Å². The SMILES string of the molecule is ClCc1nc2ncc(-c3cccc(Cl)c3)cc2[nH]1. The van der Waals surface area contributed by atoms with Crippen molar-refractivity contribution in [3.05, 3.63) is 47.4 Å². The van der Waals surface area contributed by atoms with Crippen LogP contribution in [-0.4, -0.2) is 15.0 Å². The molecule has 5 heteroatoms. The number of fused-ring (bicyclic) bond motifs is 1. The van der Waals surface area contributed by atoms with Crippen LogP contribution in [0.15, 0.2) is 36.5 Å². The zero-order chi connectivity index (χ0) is 12.5. The first-order valence-electron chi connectivity index (χ1n) is 5.43. The number of hydrogen-bond acceptors (Lipinski definition) is 2. The molecule has 0 aliphatic carbocycles. The van der Waals surface area contributed by atoms with Gasteiger partial charge >= 0.3 is 0 Å². The highest BCUT2D eigenvalue weighted by Crippen LogP contribution is 2.24. The Bertz CT molecular complexity index is 706. The maximum Gasteiger partial charge on any atom is 0.177 e. The second kappa shape index (κ2) is 4.59. The van der Waals surface area contributed by atoms with Gasteiger partial charge in [-0.15, -0.1) is 11.6 Å². The molecule has 0 aliphatic rings. The number of H-pyrrole nitrogens is 1. The Morgan fingerprint density at radius 1 is 1.17 bits per heavy atom. The van der Waals surface area contributed by atoms with E-state index >= 15 is 0 Å². The van der Waals surface area contributed by atoms with Gasteiger partial charge in [-0.3, -0.25) is 0 Å². The molecule has 18 heavy (non-hydrogen) atoms. The van der Waals surface area contributed by atoms with Gasteiger partial charge in [-0.1, -0.05) is 23.7 Å². The van der Waals surface area contributed by atoms with Crippen LogP contribution in [0.3, 0.4) is 0 Å². The van der Waals surface area contributed by atoms with E-state index in [2.05, 4.69) is 15.0 Å². The summed E-state index contributed by atoms with van der Waals surface area (Å²) in [5, 5.41) is 0.707. The van der Waals surface area contributed by atoms with Crippen molar-refractivity contribution >= 4 is 34.4 Å². The fraction of sp³-hybridized carbons (Fsp3) is 0.0769. The summed E-state index contributed by atoms with van der Waals surface area (Å²) in [5.74, 6) is 1.07. The molecule has 2 aromatic heterocycles. The lowest BCUT2D eigenvalue weighted by molar-refractivity contribution is 1.13. The van der Waals surface area contributed by atoms with E-state index in [1.165, 1.54) is 0 Å². The number of aromatic amines is 1. The number of pyridine rings is 1. The van der Waals surface area contributed by atoms with E-state index in [9.17, 15) is 0 Å². The summed E-state index contributed by atoms with van der Waals surface area (Å²) in [5.41, 5.74) is 3.58. The summed E-state index contributed by atoms with van der Waals surface area (Å²) in [6, 6.07) is 9.66. The van der Waals surface area contributed by atoms with E-state index in [0.29, 0.717) is 16.5 Å². The van der Waals surface area contributed by atoms with Gasteiger partial charge in [-0.25, -0.2) is 9.97 Å². The molecule has 3 nitrogen and oxygen atoms in total. The molecule has 3 rings (SSSR count). The quantitative estimate of drug-likeness (QED) is 0.719. The summed E-state index contributed by atoms with van der Waals surface area (Å²) in [6.45, 7) is 0. The highest BCUT2D eigenvalue weighted by atomic mass is 35.5. The molecule has 0 bridgehead atoms. The van der Waals surface area contributed by atoms with Crippen molar-refractivity contribution in [1.82, 2.24) is 15.0 Å². The Morgan fingerprint density at radius 2 is 2.06 bits per heavy atom. The lowest BCUT2D eigenvalue weighted by Gasteiger charge is -2.01. The minimum atomic E-state index is 0.350. The molecule has 0 aliphatic heterocycles. The molecule has 1 aromatic carbocycles. The van der Waals surface area contributed by atoms with Gasteiger partial charge in [0, 0.05) is 16.8 Å². The van der Waals surface area contributed by atoms with Gasteiger partial charge in [-0.05, 0) is 23.8 Å². The molecule has 1 N–H and O–H groups in total. The third-order valence-corrected chi connectivity index (χ3v) is 3.16. The lowest BCUT2D eigenvalue weighted by atomic mass is 10.1. The average Bonchev–Trinajstić information content (AvgIpc) is 2.80. The maximum absolute atomic E-state index is 5.98. The number of alkyl halides is 1. The average molecular weight is 278 g/mol. The van der Waals surface area contributed by atoms with E-state index < -0.39 is 0 Å². The van der Waals surface area contributed by atoms with Crippen molar-refractivity contribution in [2.45, 2.75) is 5.88 Å². The molecule has 0 radical (unpaired) electrons. The van der Waals surface area contributed by atoms with Gasteiger partial charge in [-0.2, -0.15) is 0 Å². The molecule has 0 saturated heterocycles. The first kappa shape index (κ1) is 11.5. The minimum absolute atomic E-state index is 0.350. The van der Waals surface area contributed by atoms with Gasteiger partial charge in [0.25, 0.3) is 0 Å². The first-order valence-corrected chi connectivity index (χ1v) is 6.34. The predicted octanol–water partition coefficient (Wildman–Crippen LogP) is 4.02. The fourth-order valence-corrected chi connectivity index (χ4v) is 2.16. The van der Waals surface area contributed by atoms with E-state index in [1.54, 1.807) is 6.20 Å². The van der Waals surface area contributed by atoms with Crippen molar-refractivity contribution in [3.63, 3.8) is 0 Å². The van der Waals surface area contributed by atoms with Crippen LogP contribution in [0.25, 0.3) is 22.3 Å². The highest BCUT2D eigenvalue weighted by molar-refractivity contribution is 6.30. The molecule has 90 valence electrons. The van der Waals surface area contributed by atoms with E-state index in [4.69, 9.17) is 23.2 Å². The number of nitrogens with zero attached hydrogens (tertiary/aromatic N) is 2. The second-order valence-corrected chi connectivity index (χ2v) is 4.63. The molecule has 0 amide bonds. The fourth-order valence-electron chi connectivity index (χ4n) is 1.84. The van der Waals surface area contributed by atoms with Gasteiger partial charge in [0.1, 0.15) is 5.82 Å². The monoisotopic (exact) mass is 277 g/mol. The van der Waals surface area contributed by atoms with Gasteiger partial charge < -0.3 is 4.98 Å². The normalized spacial score (nSPS) is 11.0. The largest absolute Gasteiger partial charge is 0.340 e.